The number of furan rings is 1. The van der Waals surface area contributed by atoms with E-state index >= 15 is 0 Å². The average molecular weight is 429 g/mol. The van der Waals surface area contributed by atoms with Crippen LogP contribution in [-0.2, 0) is 11.2 Å². The summed E-state index contributed by atoms with van der Waals surface area (Å²) < 4.78 is 5.32. The minimum absolute atomic E-state index is 0.0917. The van der Waals surface area contributed by atoms with Crippen LogP contribution in [-0.4, -0.2) is 22.7 Å². The lowest BCUT2D eigenvalue weighted by atomic mass is 10.1. The Bertz CT molecular complexity index is 1270. The van der Waals surface area contributed by atoms with Crippen molar-refractivity contribution >= 4 is 40.4 Å². The highest BCUT2D eigenvalue weighted by Gasteiger charge is 2.36. The summed E-state index contributed by atoms with van der Waals surface area (Å²) >= 11 is 1.40. The number of fused-ring (bicyclic) bond motifs is 1. The minimum atomic E-state index is -0.378. The van der Waals surface area contributed by atoms with Gasteiger partial charge in [0.2, 0.25) is 5.91 Å². The number of carbonyl (C=O) groups is 3. The monoisotopic (exact) mass is 429 g/mol. The first kappa shape index (κ1) is 19.0. The average Bonchev–Trinajstić information content (AvgIpc) is 3.50. The van der Waals surface area contributed by atoms with Crippen molar-refractivity contribution in [2.75, 3.05) is 10.2 Å². The van der Waals surface area contributed by atoms with Gasteiger partial charge in [0, 0.05) is 11.1 Å². The number of hydrogen-bond acceptors (Lipinski definition) is 6. The van der Waals surface area contributed by atoms with Gasteiger partial charge in [-0.15, -0.1) is 11.3 Å². The Labute approximate surface area is 181 Å². The number of nitrogens with zero attached hydrogens (tertiary/aromatic N) is 2. The van der Waals surface area contributed by atoms with E-state index in [2.05, 4.69) is 10.3 Å². The SMILES string of the molecule is O=C(Cc1csc(-c2ccco2)n1)Nc1cccc(N2C(=O)c3ccccc3C2=O)c1. The molecule has 2 aromatic heterocycles. The van der Waals surface area contributed by atoms with E-state index in [1.54, 1.807) is 60.9 Å². The predicted molar refractivity (Wildman–Crippen MR) is 116 cm³/mol. The second-order valence-electron chi connectivity index (χ2n) is 6.89. The zero-order valence-electron chi connectivity index (χ0n) is 16.1. The van der Waals surface area contributed by atoms with E-state index in [1.807, 2.05) is 11.4 Å². The Morgan fingerprint density at radius 3 is 2.48 bits per heavy atom. The normalized spacial score (nSPS) is 12.8. The number of carbonyl (C=O) groups excluding carboxylic acids is 3. The molecule has 0 fully saturated rings. The molecule has 0 saturated carbocycles. The van der Waals surface area contributed by atoms with E-state index in [1.165, 1.54) is 11.3 Å². The number of nitrogens with one attached hydrogen (secondary N) is 1. The summed E-state index contributed by atoms with van der Waals surface area (Å²) in [6, 6.07) is 17.0. The standard InChI is InChI=1S/C23H15N3O4S/c27-20(12-15-13-31-21(25-15)19-9-4-10-30-19)24-14-5-3-6-16(11-14)26-22(28)17-7-1-2-8-18(17)23(26)29/h1-11,13H,12H2,(H,24,27). The van der Waals surface area contributed by atoms with Crippen molar-refractivity contribution in [3.8, 4) is 10.8 Å². The Morgan fingerprint density at radius 2 is 1.77 bits per heavy atom. The third-order valence-electron chi connectivity index (χ3n) is 4.81. The van der Waals surface area contributed by atoms with E-state index in [-0.39, 0.29) is 24.1 Å². The van der Waals surface area contributed by atoms with Crippen LogP contribution in [0.25, 0.3) is 10.8 Å². The van der Waals surface area contributed by atoms with Crippen LogP contribution < -0.4 is 10.2 Å². The van der Waals surface area contributed by atoms with Gasteiger partial charge in [0.15, 0.2) is 10.8 Å². The molecule has 1 N–H and O–H groups in total. The Morgan fingerprint density at radius 1 is 1.00 bits per heavy atom. The quantitative estimate of drug-likeness (QED) is 0.475. The molecule has 8 heteroatoms. The van der Waals surface area contributed by atoms with Crippen molar-refractivity contribution in [1.82, 2.24) is 4.98 Å². The Kier molecular flexibility index (Phi) is 4.68. The summed E-state index contributed by atoms with van der Waals surface area (Å²) in [5, 5.41) is 5.32. The van der Waals surface area contributed by atoms with E-state index in [9.17, 15) is 14.4 Å². The van der Waals surface area contributed by atoms with Gasteiger partial charge in [-0.3, -0.25) is 14.4 Å². The molecule has 4 aromatic rings. The van der Waals surface area contributed by atoms with Crippen LogP contribution in [0.2, 0.25) is 0 Å². The van der Waals surface area contributed by atoms with Crippen LogP contribution in [0.1, 0.15) is 26.4 Å². The van der Waals surface area contributed by atoms with Crippen LogP contribution in [0, 0.1) is 0 Å². The summed E-state index contributed by atoms with van der Waals surface area (Å²) in [5.41, 5.74) is 2.26. The van der Waals surface area contributed by atoms with Crippen molar-refractivity contribution in [2.24, 2.45) is 0 Å². The van der Waals surface area contributed by atoms with Gasteiger partial charge in [-0.1, -0.05) is 18.2 Å². The lowest BCUT2D eigenvalue weighted by Gasteiger charge is -2.15. The van der Waals surface area contributed by atoms with Crippen molar-refractivity contribution in [1.29, 1.82) is 0 Å². The van der Waals surface area contributed by atoms with Crippen LogP contribution in [0.5, 0.6) is 0 Å². The topological polar surface area (TPSA) is 92.5 Å². The molecule has 0 bridgehead atoms. The van der Waals surface area contributed by atoms with Crippen molar-refractivity contribution in [3.63, 3.8) is 0 Å². The number of anilines is 2. The maximum atomic E-state index is 12.7. The number of benzene rings is 2. The Hall–Kier alpha value is -4.04. The third-order valence-corrected chi connectivity index (χ3v) is 5.71. The second kappa shape index (κ2) is 7.66. The number of aromatic nitrogens is 1. The van der Waals surface area contributed by atoms with Crippen molar-refractivity contribution in [2.45, 2.75) is 6.42 Å². The zero-order valence-corrected chi connectivity index (χ0v) is 16.9. The summed E-state index contributed by atoms with van der Waals surface area (Å²) in [7, 11) is 0. The molecule has 0 radical (unpaired) electrons. The fourth-order valence-electron chi connectivity index (χ4n) is 3.42. The highest BCUT2D eigenvalue weighted by atomic mass is 32.1. The third kappa shape index (κ3) is 3.53. The molecule has 152 valence electrons. The molecule has 31 heavy (non-hydrogen) atoms. The number of rotatable bonds is 5. The lowest BCUT2D eigenvalue weighted by Crippen LogP contribution is -2.29. The molecule has 0 unspecified atom stereocenters. The van der Waals surface area contributed by atoms with E-state index in [0.717, 1.165) is 4.90 Å². The maximum Gasteiger partial charge on any atom is 0.266 e. The van der Waals surface area contributed by atoms with Crippen molar-refractivity contribution in [3.05, 3.63) is 89.1 Å². The van der Waals surface area contributed by atoms with Gasteiger partial charge in [-0.05, 0) is 42.5 Å². The van der Waals surface area contributed by atoms with E-state index in [4.69, 9.17) is 4.42 Å². The first-order valence-electron chi connectivity index (χ1n) is 9.46. The van der Waals surface area contributed by atoms with Gasteiger partial charge in [-0.2, -0.15) is 0 Å². The molecule has 3 heterocycles. The molecule has 3 amide bonds. The number of hydrogen-bond donors (Lipinski definition) is 1. The molecule has 0 spiro atoms. The molecule has 5 rings (SSSR count). The fourth-order valence-corrected chi connectivity index (χ4v) is 4.20. The first-order valence-corrected chi connectivity index (χ1v) is 10.3. The predicted octanol–water partition coefficient (Wildman–Crippen LogP) is 4.38. The summed E-state index contributed by atoms with van der Waals surface area (Å²) in [6.07, 6.45) is 1.67. The van der Waals surface area contributed by atoms with Crippen LogP contribution in [0.3, 0.4) is 0 Å². The zero-order chi connectivity index (χ0) is 21.4. The van der Waals surface area contributed by atoms with Gasteiger partial charge in [0.05, 0.1) is 35.2 Å². The summed E-state index contributed by atoms with van der Waals surface area (Å²) in [4.78, 5) is 43.4. The Balaban J connectivity index is 1.30. The van der Waals surface area contributed by atoms with Crippen LogP contribution in [0.15, 0.2) is 76.7 Å². The largest absolute Gasteiger partial charge is 0.462 e. The highest BCUT2D eigenvalue weighted by molar-refractivity contribution is 7.13. The molecule has 7 nitrogen and oxygen atoms in total. The van der Waals surface area contributed by atoms with E-state index < -0.39 is 0 Å². The number of amides is 3. The molecular formula is C23H15N3O4S. The minimum Gasteiger partial charge on any atom is -0.462 e. The molecule has 0 saturated heterocycles. The van der Waals surface area contributed by atoms with Gasteiger partial charge in [0.25, 0.3) is 11.8 Å². The fraction of sp³-hybridized carbons (Fsp3) is 0.0435. The number of thiazole rings is 1. The molecule has 1 aliphatic heterocycles. The highest BCUT2D eigenvalue weighted by Crippen LogP contribution is 2.30. The molecular weight excluding hydrogens is 414 g/mol. The molecule has 0 atom stereocenters. The van der Waals surface area contributed by atoms with Gasteiger partial charge in [-0.25, -0.2) is 9.88 Å². The lowest BCUT2D eigenvalue weighted by molar-refractivity contribution is -0.115. The van der Waals surface area contributed by atoms with Gasteiger partial charge >= 0.3 is 0 Å². The molecule has 0 aliphatic carbocycles. The molecule has 1 aliphatic rings. The smallest absolute Gasteiger partial charge is 0.266 e. The second-order valence-corrected chi connectivity index (χ2v) is 7.75. The van der Waals surface area contributed by atoms with Crippen molar-refractivity contribution < 1.29 is 18.8 Å². The number of imide groups is 1. The van der Waals surface area contributed by atoms with Crippen LogP contribution in [0.4, 0.5) is 11.4 Å². The summed E-state index contributed by atoms with van der Waals surface area (Å²) in [6.45, 7) is 0. The van der Waals surface area contributed by atoms with Gasteiger partial charge < -0.3 is 9.73 Å². The molecule has 2 aromatic carbocycles. The van der Waals surface area contributed by atoms with E-state index in [0.29, 0.717) is 39.0 Å². The van der Waals surface area contributed by atoms with Crippen LogP contribution >= 0.6 is 11.3 Å². The first-order chi connectivity index (χ1) is 15.1. The van der Waals surface area contributed by atoms with Gasteiger partial charge in [0.1, 0.15) is 0 Å². The summed E-state index contributed by atoms with van der Waals surface area (Å²) in [5.74, 6) is -0.352. The maximum absolute atomic E-state index is 12.7.